The first-order valence-corrected chi connectivity index (χ1v) is 11.6. The van der Waals surface area contributed by atoms with Gasteiger partial charge in [0.05, 0.1) is 11.2 Å². The third-order valence-electron chi connectivity index (χ3n) is 3.09. The molecule has 0 fully saturated rings. The number of aliphatic hydroxyl groups is 1. The van der Waals surface area contributed by atoms with Crippen LogP contribution in [0.1, 0.15) is 46.1 Å². The Kier molecular flexibility index (Phi) is 8.30. The van der Waals surface area contributed by atoms with Crippen LogP contribution in [-0.4, -0.2) is 19.0 Å². The zero-order valence-electron chi connectivity index (χ0n) is 15.4. The minimum absolute atomic E-state index is 0.363. The SMILES string of the molecule is C=CC[C@](O)(CC(C)(C)O[Si](C)(C)C)c1ccccc1.CC. The van der Waals surface area contributed by atoms with Crippen LogP contribution in [0.25, 0.3) is 0 Å². The van der Waals surface area contributed by atoms with Crippen molar-refractivity contribution in [1.29, 1.82) is 0 Å². The summed E-state index contributed by atoms with van der Waals surface area (Å²) >= 11 is 0. The highest BCUT2D eigenvalue weighted by Crippen LogP contribution is 2.36. The Hall–Kier alpha value is -0.903. The molecular weight excluding hydrogens is 288 g/mol. The molecule has 0 bridgehead atoms. The molecule has 0 amide bonds. The number of hydrogen-bond donors (Lipinski definition) is 1. The number of hydrogen-bond acceptors (Lipinski definition) is 2. The van der Waals surface area contributed by atoms with E-state index in [0.29, 0.717) is 12.8 Å². The molecule has 0 spiro atoms. The normalized spacial score (nSPS) is 14.5. The zero-order valence-corrected chi connectivity index (χ0v) is 16.4. The lowest BCUT2D eigenvalue weighted by Crippen LogP contribution is -2.43. The Morgan fingerprint density at radius 2 is 1.64 bits per heavy atom. The molecule has 0 heterocycles. The minimum atomic E-state index is -1.65. The fourth-order valence-electron chi connectivity index (χ4n) is 2.85. The van der Waals surface area contributed by atoms with Gasteiger partial charge in [-0.3, -0.25) is 0 Å². The smallest absolute Gasteiger partial charge is 0.184 e. The Bertz CT molecular complexity index is 434. The van der Waals surface area contributed by atoms with E-state index >= 15 is 0 Å². The van der Waals surface area contributed by atoms with Crippen molar-refractivity contribution in [2.45, 2.75) is 71.4 Å². The van der Waals surface area contributed by atoms with Gasteiger partial charge in [0, 0.05) is 6.42 Å². The van der Waals surface area contributed by atoms with Gasteiger partial charge in [-0.15, -0.1) is 6.58 Å². The highest BCUT2D eigenvalue weighted by atomic mass is 28.4. The first-order chi connectivity index (χ1) is 10.1. The van der Waals surface area contributed by atoms with E-state index in [1.807, 2.05) is 44.2 Å². The molecule has 22 heavy (non-hydrogen) atoms. The molecule has 3 heteroatoms. The van der Waals surface area contributed by atoms with Gasteiger partial charge in [0.2, 0.25) is 0 Å². The molecule has 0 aliphatic carbocycles. The molecule has 1 aromatic rings. The average molecular weight is 323 g/mol. The van der Waals surface area contributed by atoms with Crippen molar-refractivity contribution in [2.75, 3.05) is 0 Å². The summed E-state index contributed by atoms with van der Waals surface area (Å²) in [5.74, 6) is 0. The maximum absolute atomic E-state index is 11.1. The number of benzene rings is 1. The van der Waals surface area contributed by atoms with Crippen molar-refractivity contribution in [1.82, 2.24) is 0 Å². The van der Waals surface area contributed by atoms with Crippen molar-refractivity contribution < 1.29 is 9.53 Å². The molecule has 0 saturated heterocycles. The lowest BCUT2D eigenvalue weighted by molar-refractivity contribution is -0.0405. The average Bonchev–Trinajstić information content (AvgIpc) is 2.38. The zero-order chi connectivity index (χ0) is 17.4. The molecule has 1 aromatic carbocycles. The van der Waals surface area contributed by atoms with Crippen molar-refractivity contribution in [2.24, 2.45) is 0 Å². The van der Waals surface area contributed by atoms with Crippen LogP contribution >= 0.6 is 0 Å². The van der Waals surface area contributed by atoms with E-state index in [9.17, 15) is 5.11 Å². The van der Waals surface area contributed by atoms with E-state index in [1.165, 1.54) is 0 Å². The molecular formula is C19H34O2Si. The van der Waals surface area contributed by atoms with Gasteiger partial charge in [-0.25, -0.2) is 0 Å². The van der Waals surface area contributed by atoms with Crippen LogP contribution in [0.3, 0.4) is 0 Å². The fraction of sp³-hybridized carbons (Fsp3) is 0.579. The predicted octanol–water partition coefficient (Wildman–Crippen LogP) is 5.50. The van der Waals surface area contributed by atoms with Crippen molar-refractivity contribution >= 4 is 8.32 Å². The van der Waals surface area contributed by atoms with Crippen molar-refractivity contribution in [3.05, 3.63) is 48.6 Å². The van der Waals surface area contributed by atoms with Gasteiger partial charge >= 0.3 is 0 Å². The molecule has 1 N–H and O–H groups in total. The second-order valence-electron chi connectivity index (χ2n) is 7.04. The standard InChI is InChI=1S/C17H28O2Si.C2H6/c1-7-13-17(18,15-11-9-8-10-12-15)14-16(2,3)19-20(4,5)6;1-2/h7-12,18H,1,13-14H2,2-6H3;1-2H3/t17-;/m0./s1. The van der Waals surface area contributed by atoms with E-state index in [0.717, 1.165) is 5.56 Å². The van der Waals surface area contributed by atoms with Crippen LogP contribution in [0.4, 0.5) is 0 Å². The van der Waals surface area contributed by atoms with Crippen molar-refractivity contribution in [3.63, 3.8) is 0 Å². The van der Waals surface area contributed by atoms with Gasteiger partial charge in [0.15, 0.2) is 8.32 Å². The van der Waals surface area contributed by atoms with Crippen LogP contribution in [-0.2, 0) is 10.0 Å². The minimum Gasteiger partial charge on any atom is -0.413 e. The maximum Gasteiger partial charge on any atom is 0.184 e. The van der Waals surface area contributed by atoms with E-state index in [1.54, 1.807) is 6.08 Å². The highest BCUT2D eigenvalue weighted by molar-refractivity contribution is 6.69. The third kappa shape index (κ3) is 7.39. The number of rotatable bonds is 7. The van der Waals surface area contributed by atoms with E-state index in [4.69, 9.17) is 4.43 Å². The van der Waals surface area contributed by atoms with Crippen molar-refractivity contribution in [3.8, 4) is 0 Å². The summed E-state index contributed by atoms with van der Waals surface area (Å²) in [5, 5.41) is 11.1. The topological polar surface area (TPSA) is 29.5 Å². The Morgan fingerprint density at radius 3 is 2.05 bits per heavy atom. The second-order valence-corrected chi connectivity index (χ2v) is 11.5. The lowest BCUT2D eigenvalue weighted by Gasteiger charge is -2.40. The van der Waals surface area contributed by atoms with Gasteiger partial charge in [0.25, 0.3) is 0 Å². The van der Waals surface area contributed by atoms with Gasteiger partial charge in [-0.05, 0) is 45.5 Å². The monoisotopic (exact) mass is 322 g/mol. The quantitative estimate of drug-likeness (QED) is 0.531. The highest BCUT2D eigenvalue weighted by Gasteiger charge is 2.37. The first-order valence-electron chi connectivity index (χ1n) is 8.17. The molecule has 0 aliphatic heterocycles. The summed E-state index contributed by atoms with van der Waals surface area (Å²) in [5.41, 5.74) is -0.364. The summed E-state index contributed by atoms with van der Waals surface area (Å²) in [7, 11) is -1.65. The summed E-state index contributed by atoms with van der Waals surface area (Å²) < 4.78 is 6.23. The van der Waals surface area contributed by atoms with Gasteiger partial charge < -0.3 is 9.53 Å². The molecule has 0 saturated carbocycles. The molecule has 2 nitrogen and oxygen atoms in total. The fourth-order valence-corrected chi connectivity index (χ4v) is 4.58. The predicted molar refractivity (Wildman–Crippen MR) is 99.6 cm³/mol. The van der Waals surface area contributed by atoms with Crippen LogP contribution in [0, 0.1) is 0 Å². The molecule has 1 rings (SSSR count). The molecule has 0 unspecified atom stereocenters. The van der Waals surface area contributed by atoms with Crippen LogP contribution in [0.5, 0.6) is 0 Å². The molecule has 126 valence electrons. The summed E-state index contributed by atoms with van der Waals surface area (Å²) in [6, 6.07) is 9.80. The largest absolute Gasteiger partial charge is 0.413 e. The molecule has 1 atom stereocenters. The van der Waals surface area contributed by atoms with Gasteiger partial charge in [-0.1, -0.05) is 50.3 Å². The van der Waals surface area contributed by atoms with Crippen LogP contribution < -0.4 is 0 Å². The maximum atomic E-state index is 11.1. The van der Waals surface area contributed by atoms with Crippen LogP contribution in [0.15, 0.2) is 43.0 Å². The van der Waals surface area contributed by atoms with E-state index in [-0.39, 0.29) is 5.60 Å². The Labute approximate surface area is 138 Å². The Morgan fingerprint density at radius 1 is 1.14 bits per heavy atom. The van der Waals surface area contributed by atoms with Crippen LogP contribution in [0.2, 0.25) is 19.6 Å². The summed E-state index contributed by atoms with van der Waals surface area (Å²) in [6.45, 7) is 18.4. The molecule has 0 aliphatic rings. The second kappa shape index (κ2) is 8.66. The van der Waals surface area contributed by atoms with Gasteiger partial charge in [0.1, 0.15) is 0 Å². The molecule has 0 radical (unpaired) electrons. The Balaban J connectivity index is 0.00000211. The third-order valence-corrected chi connectivity index (χ3v) is 4.26. The lowest BCUT2D eigenvalue weighted by atomic mass is 9.81. The van der Waals surface area contributed by atoms with Gasteiger partial charge in [-0.2, -0.15) is 0 Å². The van der Waals surface area contributed by atoms with E-state index in [2.05, 4.69) is 40.1 Å². The summed E-state index contributed by atoms with van der Waals surface area (Å²) in [4.78, 5) is 0. The summed E-state index contributed by atoms with van der Waals surface area (Å²) in [6.07, 6.45) is 2.85. The molecule has 0 aromatic heterocycles. The van der Waals surface area contributed by atoms with E-state index < -0.39 is 13.9 Å². The first kappa shape index (κ1) is 21.1.